The number of anilines is 1. The van der Waals surface area contributed by atoms with Gasteiger partial charge in [-0.3, -0.25) is 0 Å². The van der Waals surface area contributed by atoms with Crippen LogP contribution in [0.3, 0.4) is 0 Å². The van der Waals surface area contributed by atoms with Crippen LogP contribution >= 0.6 is 0 Å². The topological polar surface area (TPSA) is 33.1 Å². The summed E-state index contributed by atoms with van der Waals surface area (Å²) >= 11 is 0. The number of likely N-dealkylation sites (N-methyl/N-ethyl adjacent to an activating group) is 1. The molecule has 0 aromatic carbocycles. The van der Waals surface area contributed by atoms with Gasteiger partial charge < -0.3 is 14.8 Å². The largest absolute Gasteiger partial charge is 0.352 e. The number of nitrogens with one attached hydrogen (secondary N) is 1. The van der Waals surface area contributed by atoms with Gasteiger partial charge in [-0.05, 0) is 27.9 Å². The maximum atomic E-state index is 4.46. The van der Waals surface area contributed by atoms with Gasteiger partial charge in [0.25, 0.3) is 0 Å². The van der Waals surface area contributed by atoms with Gasteiger partial charge in [0.15, 0.2) is 0 Å². The summed E-state index contributed by atoms with van der Waals surface area (Å²) in [6.07, 6.45) is 3.92. The van der Waals surface area contributed by atoms with E-state index >= 15 is 0 Å². The van der Waals surface area contributed by atoms with Gasteiger partial charge >= 0.3 is 0 Å². The molecule has 4 nitrogen and oxygen atoms in total. The number of imidazole rings is 1. The van der Waals surface area contributed by atoms with E-state index in [1.807, 2.05) is 13.0 Å². The summed E-state index contributed by atoms with van der Waals surface area (Å²) in [5, 5.41) is 3.25. The Hall–Kier alpha value is -1.29. The molecular weight excluding hydrogens is 200 g/mol. The highest BCUT2D eigenvalue weighted by Crippen LogP contribution is 2.16. The lowest BCUT2D eigenvalue weighted by Crippen LogP contribution is -2.23. The van der Waals surface area contributed by atoms with Crippen molar-refractivity contribution in [3.63, 3.8) is 0 Å². The predicted octanol–water partition coefficient (Wildman–Crippen LogP) is 1.91. The third-order valence-electron chi connectivity index (χ3n) is 2.36. The van der Waals surface area contributed by atoms with Crippen molar-refractivity contribution in [2.45, 2.75) is 19.9 Å². The Labute approximate surface area is 98.0 Å². The molecule has 0 aliphatic rings. The summed E-state index contributed by atoms with van der Waals surface area (Å²) in [6.45, 7) is 9.64. The number of rotatable bonds is 6. The zero-order chi connectivity index (χ0) is 12.1. The average molecular weight is 222 g/mol. The lowest BCUT2D eigenvalue weighted by molar-refractivity contribution is 0.338. The van der Waals surface area contributed by atoms with E-state index in [9.17, 15) is 0 Å². The summed E-state index contributed by atoms with van der Waals surface area (Å²) in [5.74, 6) is 0.923. The molecule has 0 aliphatic heterocycles. The van der Waals surface area contributed by atoms with Crippen molar-refractivity contribution in [2.75, 3.05) is 32.5 Å². The third kappa shape index (κ3) is 3.38. The Bertz CT molecular complexity index is 341. The highest BCUT2D eigenvalue weighted by molar-refractivity contribution is 5.30. The van der Waals surface area contributed by atoms with Crippen LogP contribution in [0, 0.1) is 6.92 Å². The third-order valence-corrected chi connectivity index (χ3v) is 2.36. The molecule has 1 aromatic heterocycles. The highest BCUT2D eigenvalue weighted by Gasteiger charge is 2.11. The van der Waals surface area contributed by atoms with E-state index in [2.05, 4.69) is 53.6 Å². The van der Waals surface area contributed by atoms with Gasteiger partial charge in [0.1, 0.15) is 0 Å². The van der Waals surface area contributed by atoms with E-state index in [1.165, 1.54) is 0 Å². The second-order valence-corrected chi connectivity index (χ2v) is 4.39. The molecule has 90 valence electrons. The first-order valence-corrected chi connectivity index (χ1v) is 5.59. The first-order chi connectivity index (χ1) is 7.54. The van der Waals surface area contributed by atoms with E-state index in [4.69, 9.17) is 0 Å². The zero-order valence-corrected chi connectivity index (χ0v) is 10.7. The molecule has 4 heteroatoms. The molecule has 1 unspecified atom stereocenters. The van der Waals surface area contributed by atoms with Gasteiger partial charge in [0, 0.05) is 25.3 Å². The van der Waals surface area contributed by atoms with E-state index in [-0.39, 0.29) is 0 Å². The Morgan fingerprint density at radius 3 is 2.88 bits per heavy atom. The second kappa shape index (κ2) is 5.70. The van der Waals surface area contributed by atoms with Crippen LogP contribution in [-0.4, -0.2) is 41.6 Å². The van der Waals surface area contributed by atoms with Crippen molar-refractivity contribution in [3.8, 4) is 0 Å². The molecule has 1 rings (SSSR count). The number of hydrogen-bond acceptors (Lipinski definition) is 3. The van der Waals surface area contributed by atoms with Crippen molar-refractivity contribution in [1.29, 1.82) is 0 Å². The smallest absolute Gasteiger partial charge is 0.203 e. The maximum Gasteiger partial charge on any atom is 0.203 e. The summed E-state index contributed by atoms with van der Waals surface area (Å²) in [6, 6.07) is 0.406. The predicted molar refractivity (Wildman–Crippen MR) is 68.9 cm³/mol. The van der Waals surface area contributed by atoms with Crippen LogP contribution in [0.15, 0.2) is 18.9 Å². The van der Waals surface area contributed by atoms with Crippen molar-refractivity contribution in [3.05, 3.63) is 24.5 Å². The minimum absolute atomic E-state index is 0.406. The lowest BCUT2D eigenvalue weighted by atomic mass is 10.3. The van der Waals surface area contributed by atoms with Gasteiger partial charge in [0.2, 0.25) is 5.95 Å². The normalized spacial score (nSPS) is 12.8. The Morgan fingerprint density at radius 2 is 2.31 bits per heavy atom. The molecule has 0 saturated carbocycles. The Kier molecular flexibility index (Phi) is 4.55. The van der Waals surface area contributed by atoms with Crippen LogP contribution in [0.5, 0.6) is 0 Å². The van der Waals surface area contributed by atoms with Crippen LogP contribution < -0.4 is 5.32 Å². The molecule has 0 amide bonds. The summed E-state index contributed by atoms with van der Waals surface area (Å²) in [5.41, 5.74) is 1.04. The van der Waals surface area contributed by atoms with Crippen LogP contribution in [0.4, 0.5) is 5.95 Å². The van der Waals surface area contributed by atoms with Crippen LogP contribution in [0.2, 0.25) is 0 Å². The first-order valence-electron chi connectivity index (χ1n) is 5.59. The van der Waals surface area contributed by atoms with E-state index < -0.39 is 0 Å². The number of aryl methyl sites for hydroxylation is 1. The number of aromatic nitrogens is 2. The van der Waals surface area contributed by atoms with Crippen molar-refractivity contribution in [2.24, 2.45) is 0 Å². The quantitative estimate of drug-likeness (QED) is 0.746. The van der Waals surface area contributed by atoms with Gasteiger partial charge in [-0.25, -0.2) is 4.98 Å². The SMILES string of the molecule is C=CCNc1nc(C)cn1C(C)CN(C)C. The highest BCUT2D eigenvalue weighted by atomic mass is 15.2. The Morgan fingerprint density at radius 1 is 1.62 bits per heavy atom. The van der Waals surface area contributed by atoms with Crippen LogP contribution in [0.1, 0.15) is 18.7 Å². The molecule has 0 fully saturated rings. The lowest BCUT2D eigenvalue weighted by Gasteiger charge is -2.20. The molecule has 1 N–H and O–H groups in total. The van der Waals surface area contributed by atoms with E-state index in [1.54, 1.807) is 0 Å². The number of nitrogens with zero attached hydrogens (tertiary/aromatic N) is 3. The molecule has 1 heterocycles. The van der Waals surface area contributed by atoms with Gasteiger partial charge in [-0.1, -0.05) is 6.08 Å². The summed E-state index contributed by atoms with van der Waals surface area (Å²) in [4.78, 5) is 6.64. The molecule has 0 spiro atoms. The van der Waals surface area contributed by atoms with Crippen LogP contribution in [-0.2, 0) is 0 Å². The van der Waals surface area contributed by atoms with Gasteiger partial charge in [-0.15, -0.1) is 6.58 Å². The second-order valence-electron chi connectivity index (χ2n) is 4.39. The fourth-order valence-electron chi connectivity index (χ4n) is 1.76. The minimum atomic E-state index is 0.406. The molecule has 1 atom stereocenters. The summed E-state index contributed by atoms with van der Waals surface area (Å²) < 4.78 is 2.18. The number of hydrogen-bond donors (Lipinski definition) is 1. The fraction of sp³-hybridized carbons (Fsp3) is 0.583. The Balaban J connectivity index is 2.80. The minimum Gasteiger partial charge on any atom is -0.352 e. The average Bonchev–Trinajstić information content (AvgIpc) is 2.55. The van der Waals surface area contributed by atoms with Crippen molar-refractivity contribution >= 4 is 5.95 Å². The molecule has 0 saturated heterocycles. The molecule has 0 radical (unpaired) electrons. The molecule has 16 heavy (non-hydrogen) atoms. The van der Waals surface area contributed by atoms with Crippen LogP contribution in [0.25, 0.3) is 0 Å². The molecule has 0 aliphatic carbocycles. The van der Waals surface area contributed by atoms with Gasteiger partial charge in [0.05, 0.1) is 5.69 Å². The first kappa shape index (κ1) is 12.8. The molecule has 1 aromatic rings. The maximum absolute atomic E-state index is 4.46. The van der Waals surface area contributed by atoms with E-state index in [0.29, 0.717) is 6.04 Å². The molecule has 0 bridgehead atoms. The molecular formula is C12H22N4. The fourth-order valence-corrected chi connectivity index (χ4v) is 1.76. The summed E-state index contributed by atoms with van der Waals surface area (Å²) in [7, 11) is 4.16. The monoisotopic (exact) mass is 222 g/mol. The van der Waals surface area contributed by atoms with E-state index in [0.717, 1.165) is 24.7 Å². The van der Waals surface area contributed by atoms with Crippen molar-refractivity contribution < 1.29 is 0 Å². The standard InChI is InChI=1S/C12H22N4/c1-6-7-13-12-14-10(2)8-16(12)11(3)9-15(4)5/h6,8,11H,1,7,9H2,2-5H3,(H,13,14). The van der Waals surface area contributed by atoms with Crippen molar-refractivity contribution in [1.82, 2.24) is 14.5 Å². The zero-order valence-electron chi connectivity index (χ0n) is 10.7. The van der Waals surface area contributed by atoms with Gasteiger partial charge in [-0.2, -0.15) is 0 Å².